The summed E-state index contributed by atoms with van der Waals surface area (Å²) in [6.07, 6.45) is 8.41. The van der Waals surface area contributed by atoms with Gasteiger partial charge in [-0.05, 0) is 54.7 Å². The summed E-state index contributed by atoms with van der Waals surface area (Å²) in [5.74, 6) is 1.61. The number of aromatic nitrogens is 5. The predicted octanol–water partition coefficient (Wildman–Crippen LogP) is 5.64. The largest absolute Gasteiger partial charge is 0.497 e. The molecule has 1 unspecified atom stereocenters. The quantitative estimate of drug-likeness (QED) is 0.315. The Morgan fingerprint density at radius 2 is 1.94 bits per heavy atom. The summed E-state index contributed by atoms with van der Waals surface area (Å²) in [4.78, 5) is 17.1. The van der Waals surface area contributed by atoms with Crippen molar-refractivity contribution in [3.8, 4) is 5.75 Å². The fraction of sp³-hybridized carbons (Fsp3) is 0.345. The van der Waals surface area contributed by atoms with Gasteiger partial charge in [-0.2, -0.15) is 0 Å². The zero-order valence-corrected chi connectivity index (χ0v) is 21.1. The van der Waals surface area contributed by atoms with Crippen molar-refractivity contribution in [2.45, 2.75) is 45.1 Å². The molecule has 5 heterocycles. The molecule has 0 aliphatic carbocycles. The van der Waals surface area contributed by atoms with Gasteiger partial charge < -0.3 is 18.6 Å². The average molecular weight is 481 g/mol. The Morgan fingerprint density at radius 3 is 2.75 bits per heavy atom. The summed E-state index contributed by atoms with van der Waals surface area (Å²) in [7, 11) is 1.69. The molecule has 0 radical (unpaired) electrons. The van der Waals surface area contributed by atoms with Crippen molar-refractivity contribution in [2.75, 3.05) is 25.1 Å². The second-order valence-corrected chi connectivity index (χ2v) is 10.0. The molecule has 6 rings (SSSR count). The minimum absolute atomic E-state index is 0.330. The van der Waals surface area contributed by atoms with Crippen LogP contribution in [0.4, 0.5) is 5.69 Å². The third-order valence-corrected chi connectivity index (χ3v) is 7.30. The SMILES string of the molecule is COc1ccc(Cn2cnc3c(N4CCCC(c5cnc6ccccn56)C4)cc(C(C)C)nc32)cc1. The summed E-state index contributed by atoms with van der Waals surface area (Å²) < 4.78 is 9.72. The maximum atomic E-state index is 5.32. The first kappa shape index (κ1) is 22.6. The van der Waals surface area contributed by atoms with E-state index in [0.29, 0.717) is 11.8 Å². The minimum Gasteiger partial charge on any atom is -0.497 e. The van der Waals surface area contributed by atoms with Gasteiger partial charge in [0.1, 0.15) is 16.9 Å². The Balaban J connectivity index is 1.36. The Hall–Kier alpha value is -3.87. The lowest BCUT2D eigenvalue weighted by Crippen LogP contribution is -2.35. The number of anilines is 1. The summed E-state index contributed by atoms with van der Waals surface area (Å²) in [6.45, 7) is 7.11. The highest BCUT2D eigenvalue weighted by atomic mass is 16.5. The standard InChI is InChI=1S/C29H32N6O/c1-20(2)24-15-25(28-29(32-24)34(19-31-28)17-21-9-11-23(36-3)12-10-21)33-13-6-7-22(18-33)26-16-30-27-8-4-5-14-35(26)27/h4-5,8-12,14-16,19-20,22H,6-7,13,17-18H2,1-3H3. The minimum atomic E-state index is 0.330. The molecule has 1 fully saturated rings. The van der Waals surface area contributed by atoms with E-state index in [0.717, 1.165) is 60.7 Å². The van der Waals surface area contributed by atoms with Gasteiger partial charge in [0.05, 0.1) is 25.7 Å². The van der Waals surface area contributed by atoms with Crippen molar-refractivity contribution in [2.24, 2.45) is 0 Å². The molecule has 0 spiro atoms. The van der Waals surface area contributed by atoms with Gasteiger partial charge in [0, 0.05) is 42.8 Å². The van der Waals surface area contributed by atoms with Crippen molar-refractivity contribution in [3.63, 3.8) is 0 Å². The van der Waals surface area contributed by atoms with Gasteiger partial charge in [0.15, 0.2) is 5.65 Å². The number of pyridine rings is 2. The molecule has 4 aromatic heterocycles. The Labute approximate surface area is 211 Å². The third kappa shape index (κ3) is 4.08. The molecule has 0 amide bonds. The van der Waals surface area contributed by atoms with E-state index in [2.05, 4.69) is 75.4 Å². The topological polar surface area (TPSA) is 60.5 Å². The number of nitrogens with zero attached hydrogens (tertiary/aromatic N) is 6. The van der Waals surface area contributed by atoms with Crippen LogP contribution in [0, 0.1) is 0 Å². The summed E-state index contributed by atoms with van der Waals surface area (Å²) in [5.41, 5.74) is 7.71. The number of hydrogen-bond acceptors (Lipinski definition) is 5. The maximum absolute atomic E-state index is 5.32. The second kappa shape index (κ2) is 9.30. The fourth-order valence-corrected chi connectivity index (χ4v) is 5.31. The van der Waals surface area contributed by atoms with Crippen LogP contribution in [0.2, 0.25) is 0 Å². The van der Waals surface area contributed by atoms with E-state index in [1.165, 1.54) is 16.9 Å². The van der Waals surface area contributed by atoms with E-state index in [-0.39, 0.29) is 0 Å². The van der Waals surface area contributed by atoms with Crippen LogP contribution < -0.4 is 9.64 Å². The molecule has 0 saturated carbocycles. The van der Waals surface area contributed by atoms with E-state index in [4.69, 9.17) is 14.7 Å². The average Bonchev–Trinajstić information content (AvgIpc) is 3.53. The molecule has 0 N–H and O–H groups in total. The number of benzene rings is 1. The first-order valence-corrected chi connectivity index (χ1v) is 12.8. The summed E-state index contributed by atoms with van der Waals surface area (Å²) in [5, 5.41) is 0. The molecule has 0 bridgehead atoms. The molecule has 184 valence electrons. The van der Waals surface area contributed by atoms with Gasteiger partial charge in [-0.25, -0.2) is 15.0 Å². The maximum Gasteiger partial charge on any atom is 0.162 e. The number of imidazole rings is 2. The normalized spacial score (nSPS) is 16.3. The molecule has 1 aliphatic heterocycles. The first-order chi connectivity index (χ1) is 17.6. The van der Waals surface area contributed by atoms with Crippen LogP contribution in [0.15, 0.2) is 67.3 Å². The fourth-order valence-electron chi connectivity index (χ4n) is 5.31. The molecular weight excluding hydrogens is 448 g/mol. The number of piperidine rings is 1. The highest BCUT2D eigenvalue weighted by Crippen LogP contribution is 2.35. The summed E-state index contributed by atoms with van der Waals surface area (Å²) in [6, 6.07) is 16.7. The lowest BCUT2D eigenvalue weighted by Gasteiger charge is -2.34. The Morgan fingerprint density at radius 1 is 1.08 bits per heavy atom. The van der Waals surface area contributed by atoms with Crippen LogP contribution in [0.5, 0.6) is 5.75 Å². The molecule has 1 aliphatic rings. The number of hydrogen-bond donors (Lipinski definition) is 0. The van der Waals surface area contributed by atoms with Gasteiger partial charge in [-0.15, -0.1) is 0 Å². The number of methoxy groups -OCH3 is 1. The van der Waals surface area contributed by atoms with Crippen molar-refractivity contribution in [1.82, 2.24) is 23.9 Å². The number of ether oxygens (including phenoxy) is 1. The molecule has 5 aromatic rings. The van der Waals surface area contributed by atoms with E-state index in [9.17, 15) is 0 Å². The second-order valence-electron chi connectivity index (χ2n) is 10.0. The predicted molar refractivity (Wildman–Crippen MR) is 143 cm³/mol. The Kier molecular flexibility index (Phi) is 5.83. The van der Waals surface area contributed by atoms with Crippen LogP contribution in [-0.4, -0.2) is 44.1 Å². The highest BCUT2D eigenvalue weighted by Gasteiger charge is 2.27. The van der Waals surface area contributed by atoms with Gasteiger partial charge in [-0.1, -0.05) is 32.0 Å². The van der Waals surface area contributed by atoms with E-state index in [1.807, 2.05) is 24.5 Å². The number of fused-ring (bicyclic) bond motifs is 2. The van der Waals surface area contributed by atoms with Gasteiger partial charge in [-0.3, -0.25) is 0 Å². The highest BCUT2D eigenvalue weighted by molar-refractivity contribution is 5.87. The van der Waals surface area contributed by atoms with Crippen molar-refractivity contribution >= 4 is 22.5 Å². The van der Waals surface area contributed by atoms with Crippen LogP contribution in [0.25, 0.3) is 16.8 Å². The number of rotatable bonds is 6. The van der Waals surface area contributed by atoms with Crippen molar-refractivity contribution < 1.29 is 4.74 Å². The third-order valence-electron chi connectivity index (χ3n) is 7.30. The molecule has 1 saturated heterocycles. The smallest absolute Gasteiger partial charge is 0.162 e. The molecule has 1 aromatic carbocycles. The van der Waals surface area contributed by atoms with Crippen LogP contribution in [0.1, 0.15) is 55.5 Å². The zero-order chi connectivity index (χ0) is 24.6. The van der Waals surface area contributed by atoms with E-state index < -0.39 is 0 Å². The Bertz CT molecular complexity index is 1500. The zero-order valence-electron chi connectivity index (χ0n) is 21.1. The van der Waals surface area contributed by atoms with Crippen LogP contribution in [0.3, 0.4) is 0 Å². The van der Waals surface area contributed by atoms with Gasteiger partial charge in [0.25, 0.3) is 0 Å². The monoisotopic (exact) mass is 480 g/mol. The first-order valence-electron chi connectivity index (χ1n) is 12.8. The lowest BCUT2D eigenvalue weighted by molar-refractivity contribution is 0.414. The van der Waals surface area contributed by atoms with E-state index in [1.54, 1.807) is 7.11 Å². The van der Waals surface area contributed by atoms with Crippen LogP contribution >= 0.6 is 0 Å². The van der Waals surface area contributed by atoms with Crippen LogP contribution in [-0.2, 0) is 6.54 Å². The lowest BCUT2D eigenvalue weighted by atomic mass is 9.94. The molecule has 7 heteroatoms. The molecule has 1 atom stereocenters. The van der Waals surface area contributed by atoms with Gasteiger partial charge >= 0.3 is 0 Å². The van der Waals surface area contributed by atoms with Crippen molar-refractivity contribution in [3.05, 3.63) is 84.2 Å². The molecular formula is C29H32N6O. The van der Waals surface area contributed by atoms with Gasteiger partial charge in [0.2, 0.25) is 0 Å². The summed E-state index contributed by atoms with van der Waals surface area (Å²) >= 11 is 0. The van der Waals surface area contributed by atoms with Crippen molar-refractivity contribution in [1.29, 1.82) is 0 Å². The van der Waals surface area contributed by atoms with E-state index >= 15 is 0 Å². The molecule has 36 heavy (non-hydrogen) atoms. The molecule has 7 nitrogen and oxygen atoms in total.